The number of rotatable bonds is 3. The number of alkyl halides is 3. The molecule has 0 saturated heterocycles. The van der Waals surface area contributed by atoms with Crippen molar-refractivity contribution in [1.82, 2.24) is 4.90 Å². The molecule has 1 aromatic rings. The van der Waals surface area contributed by atoms with Gasteiger partial charge in [0.15, 0.2) is 0 Å². The van der Waals surface area contributed by atoms with Crippen LogP contribution >= 0.6 is 15.9 Å². The number of hydrogen-bond acceptors (Lipinski definition) is 2. The molecular formula is C11H12BrF3N2O. The topological polar surface area (TPSA) is 32.3 Å². The Morgan fingerprint density at radius 2 is 1.94 bits per heavy atom. The van der Waals surface area contributed by atoms with Crippen molar-refractivity contribution in [2.75, 3.05) is 26.0 Å². The largest absolute Gasteiger partial charge is 0.416 e. The Hall–Kier alpha value is -1.24. The predicted octanol–water partition coefficient (Wildman–Crippen LogP) is 2.97. The van der Waals surface area contributed by atoms with Crippen LogP contribution < -0.4 is 5.32 Å². The van der Waals surface area contributed by atoms with Crippen molar-refractivity contribution in [2.24, 2.45) is 0 Å². The fourth-order valence-corrected chi connectivity index (χ4v) is 1.68. The minimum Gasteiger partial charge on any atom is -0.376 e. The highest BCUT2D eigenvalue weighted by molar-refractivity contribution is 9.10. The van der Waals surface area contributed by atoms with Gasteiger partial charge >= 0.3 is 6.18 Å². The molecule has 0 aliphatic heterocycles. The minimum atomic E-state index is -4.41. The van der Waals surface area contributed by atoms with Crippen molar-refractivity contribution < 1.29 is 18.0 Å². The maximum Gasteiger partial charge on any atom is 0.416 e. The summed E-state index contributed by atoms with van der Waals surface area (Å²) in [5.41, 5.74) is -0.524. The Labute approximate surface area is 111 Å². The molecule has 0 unspecified atom stereocenters. The molecule has 100 valence electrons. The molecular weight excluding hydrogens is 313 g/mol. The fraction of sp³-hybridized carbons (Fsp3) is 0.364. The Morgan fingerprint density at radius 1 is 1.33 bits per heavy atom. The Bertz CT molecular complexity index is 446. The van der Waals surface area contributed by atoms with Crippen molar-refractivity contribution in [3.8, 4) is 0 Å². The number of anilines is 1. The lowest BCUT2D eigenvalue weighted by Crippen LogP contribution is -2.28. The van der Waals surface area contributed by atoms with E-state index >= 15 is 0 Å². The molecule has 0 radical (unpaired) electrons. The van der Waals surface area contributed by atoms with Crippen LogP contribution in [-0.2, 0) is 11.0 Å². The molecule has 0 saturated carbocycles. The van der Waals surface area contributed by atoms with E-state index < -0.39 is 11.7 Å². The third kappa shape index (κ3) is 4.21. The maximum absolute atomic E-state index is 12.6. The number of carbonyl (C=O) groups is 1. The van der Waals surface area contributed by atoms with Gasteiger partial charge in [-0.1, -0.05) is 15.9 Å². The van der Waals surface area contributed by atoms with Crippen LogP contribution in [-0.4, -0.2) is 31.4 Å². The van der Waals surface area contributed by atoms with Crippen LogP contribution in [0.15, 0.2) is 22.7 Å². The summed E-state index contributed by atoms with van der Waals surface area (Å²) in [7, 11) is 3.15. The zero-order valence-corrected chi connectivity index (χ0v) is 11.4. The van der Waals surface area contributed by atoms with Gasteiger partial charge < -0.3 is 10.2 Å². The van der Waals surface area contributed by atoms with Crippen molar-refractivity contribution in [3.63, 3.8) is 0 Å². The molecule has 0 spiro atoms. The molecule has 18 heavy (non-hydrogen) atoms. The normalized spacial score (nSPS) is 11.2. The summed E-state index contributed by atoms with van der Waals surface area (Å²) in [5, 5.41) is 2.66. The average molecular weight is 325 g/mol. The molecule has 1 rings (SSSR count). The summed E-state index contributed by atoms with van der Waals surface area (Å²) in [5.74, 6) is -0.219. The average Bonchev–Trinajstić information content (AvgIpc) is 2.23. The fourth-order valence-electron chi connectivity index (χ4n) is 1.19. The third-order valence-electron chi connectivity index (χ3n) is 2.17. The molecule has 0 heterocycles. The molecule has 0 aliphatic rings. The van der Waals surface area contributed by atoms with Gasteiger partial charge in [0.05, 0.1) is 12.1 Å². The molecule has 0 atom stereocenters. The van der Waals surface area contributed by atoms with E-state index in [2.05, 4.69) is 21.2 Å². The van der Waals surface area contributed by atoms with Crippen LogP contribution in [0.5, 0.6) is 0 Å². The van der Waals surface area contributed by atoms with Crippen molar-refractivity contribution in [2.45, 2.75) is 6.18 Å². The molecule has 1 aromatic carbocycles. The lowest BCUT2D eigenvalue weighted by molar-refractivity contribution is -0.137. The van der Waals surface area contributed by atoms with Crippen LogP contribution in [0.25, 0.3) is 0 Å². The Morgan fingerprint density at radius 3 is 2.44 bits per heavy atom. The van der Waals surface area contributed by atoms with Gasteiger partial charge in [-0.15, -0.1) is 0 Å². The smallest absolute Gasteiger partial charge is 0.376 e. The first-order chi connectivity index (χ1) is 8.20. The number of carbonyl (C=O) groups excluding carboxylic acids is 1. The van der Waals surface area contributed by atoms with E-state index in [4.69, 9.17) is 0 Å². The van der Waals surface area contributed by atoms with E-state index in [1.54, 1.807) is 14.1 Å². The van der Waals surface area contributed by atoms with E-state index in [1.807, 2.05) is 0 Å². The lowest BCUT2D eigenvalue weighted by Gasteiger charge is -2.14. The first-order valence-corrected chi connectivity index (χ1v) is 5.81. The van der Waals surface area contributed by atoms with Crippen LogP contribution in [0.1, 0.15) is 5.56 Å². The zero-order chi connectivity index (χ0) is 13.9. The number of halogens is 4. The second-order valence-electron chi connectivity index (χ2n) is 3.87. The first-order valence-electron chi connectivity index (χ1n) is 5.02. The first kappa shape index (κ1) is 14.8. The zero-order valence-electron chi connectivity index (χ0n) is 9.81. The second-order valence-corrected chi connectivity index (χ2v) is 4.78. The van der Waals surface area contributed by atoms with Gasteiger partial charge in [-0.2, -0.15) is 13.2 Å². The molecule has 0 bridgehead atoms. The Kier molecular flexibility index (Phi) is 4.61. The van der Waals surface area contributed by atoms with E-state index in [-0.39, 0.29) is 18.1 Å². The number of amides is 1. The standard InChI is InChI=1S/C11H12BrF3N2O/c1-17(2)10(18)6-16-9-4-7(11(13,14)15)3-8(12)5-9/h3-5,16H,6H2,1-2H3. The van der Waals surface area contributed by atoms with Crippen LogP contribution in [0.4, 0.5) is 18.9 Å². The lowest BCUT2D eigenvalue weighted by atomic mass is 10.2. The van der Waals surface area contributed by atoms with E-state index in [0.717, 1.165) is 12.1 Å². The van der Waals surface area contributed by atoms with Gasteiger partial charge in [-0.05, 0) is 18.2 Å². The number of nitrogens with zero attached hydrogens (tertiary/aromatic N) is 1. The van der Waals surface area contributed by atoms with Gasteiger partial charge in [0.1, 0.15) is 0 Å². The molecule has 0 aromatic heterocycles. The monoisotopic (exact) mass is 324 g/mol. The quantitative estimate of drug-likeness (QED) is 0.927. The van der Waals surface area contributed by atoms with Gasteiger partial charge in [0.25, 0.3) is 0 Å². The van der Waals surface area contributed by atoms with E-state index in [9.17, 15) is 18.0 Å². The molecule has 1 N–H and O–H groups in total. The van der Waals surface area contributed by atoms with Gasteiger partial charge in [-0.25, -0.2) is 0 Å². The van der Waals surface area contributed by atoms with Crippen molar-refractivity contribution >= 4 is 27.5 Å². The molecule has 0 fully saturated rings. The highest BCUT2D eigenvalue weighted by atomic mass is 79.9. The van der Waals surface area contributed by atoms with E-state index in [1.165, 1.54) is 11.0 Å². The van der Waals surface area contributed by atoms with Crippen molar-refractivity contribution in [1.29, 1.82) is 0 Å². The van der Waals surface area contributed by atoms with Crippen molar-refractivity contribution in [3.05, 3.63) is 28.2 Å². The molecule has 1 amide bonds. The van der Waals surface area contributed by atoms with Crippen LogP contribution in [0, 0.1) is 0 Å². The Balaban J connectivity index is 2.84. The third-order valence-corrected chi connectivity index (χ3v) is 2.63. The SMILES string of the molecule is CN(C)C(=O)CNc1cc(Br)cc(C(F)(F)F)c1. The van der Waals surface area contributed by atoms with E-state index in [0.29, 0.717) is 4.47 Å². The highest BCUT2D eigenvalue weighted by Gasteiger charge is 2.31. The molecule has 7 heteroatoms. The minimum absolute atomic E-state index is 0.0548. The van der Waals surface area contributed by atoms with Crippen LogP contribution in [0.2, 0.25) is 0 Å². The summed E-state index contributed by atoms with van der Waals surface area (Å²) in [4.78, 5) is 12.7. The van der Waals surface area contributed by atoms with Gasteiger partial charge in [0.2, 0.25) is 5.91 Å². The number of nitrogens with one attached hydrogen (secondary N) is 1. The predicted molar refractivity (Wildman–Crippen MR) is 66.3 cm³/mol. The number of benzene rings is 1. The molecule has 3 nitrogen and oxygen atoms in total. The number of hydrogen-bond donors (Lipinski definition) is 1. The summed E-state index contributed by atoms with van der Waals surface area (Å²) in [6.07, 6.45) is -4.41. The molecule has 0 aliphatic carbocycles. The maximum atomic E-state index is 12.6. The summed E-state index contributed by atoms with van der Waals surface area (Å²) in [6.45, 7) is -0.0548. The summed E-state index contributed by atoms with van der Waals surface area (Å²) >= 11 is 3.01. The highest BCUT2D eigenvalue weighted by Crippen LogP contribution is 2.33. The van der Waals surface area contributed by atoms with Gasteiger partial charge in [-0.3, -0.25) is 4.79 Å². The second kappa shape index (κ2) is 5.60. The summed E-state index contributed by atoms with van der Waals surface area (Å²) < 4.78 is 38.0. The van der Waals surface area contributed by atoms with Crippen LogP contribution in [0.3, 0.4) is 0 Å². The summed E-state index contributed by atoms with van der Waals surface area (Å²) in [6, 6.07) is 3.44. The number of likely N-dealkylation sites (N-methyl/N-ethyl adjacent to an activating group) is 1. The van der Waals surface area contributed by atoms with Gasteiger partial charge in [0, 0.05) is 24.3 Å².